The second-order valence-electron chi connectivity index (χ2n) is 7.70. The van der Waals surface area contributed by atoms with Crippen LogP contribution in [0, 0.1) is 11.7 Å². The van der Waals surface area contributed by atoms with Gasteiger partial charge in [-0.2, -0.15) is 0 Å². The highest BCUT2D eigenvalue weighted by molar-refractivity contribution is 5.85. The lowest BCUT2D eigenvalue weighted by Crippen LogP contribution is -2.38. The fourth-order valence-corrected chi connectivity index (χ4v) is 3.65. The number of nitrogens with zero attached hydrogens (tertiary/aromatic N) is 1. The summed E-state index contributed by atoms with van der Waals surface area (Å²) < 4.78 is 25.1. The molecule has 0 aliphatic carbocycles. The summed E-state index contributed by atoms with van der Waals surface area (Å²) in [4.78, 5) is 2.15. The Morgan fingerprint density at radius 3 is 2.31 bits per heavy atom. The molecule has 0 aromatic heterocycles. The third kappa shape index (κ3) is 7.50. The lowest BCUT2D eigenvalue weighted by Gasteiger charge is -2.32. The predicted octanol–water partition coefficient (Wildman–Crippen LogP) is 4.35. The van der Waals surface area contributed by atoms with Gasteiger partial charge in [0.1, 0.15) is 17.3 Å². The van der Waals surface area contributed by atoms with E-state index in [1.165, 1.54) is 5.56 Å². The molecule has 0 radical (unpaired) electrons. The van der Waals surface area contributed by atoms with Crippen LogP contribution in [0.1, 0.15) is 24.3 Å². The molecule has 2 atom stereocenters. The van der Waals surface area contributed by atoms with Crippen LogP contribution in [-0.4, -0.2) is 51.8 Å². The quantitative estimate of drug-likeness (QED) is 0.609. The molecule has 0 unspecified atom stereocenters. The summed E-state index contributed by atoms with van der Waals surface area (Å²) in [5, 5.41) is 3.45. The van der Waals surface area contributed by atoms with E-state index < -0.39 is 0 Å². The van der Waals surface area contributed by atoms with E-state index in [9.17, 15) is 4.39 Å². The first-order valence-corrected chi connectivity index (χ1v) is 10.1. The Balaban J connectivity index is 0.00000300. The van der Waals surface area contributed by atoms with Gasteiger partial charge in [-0.25, -0.2) is 4.39 Å². The van der Waals surface area contributed by atoms with Crippen molar-refractivity contribution in [2.45, 2.75) is 18.8 Å². The summed E-state index contributed by atoms with van der Waals surface area (Å²) in [6.45, 7) is 4.27. The van der Waals surface area contributed by atoms with Crippen molar-refractivity contribution in [3.63, 3.8) is 0 Å². The molecule has 2 aromatic rings. The molecule has 1 saturated heterocycles. The molecule has 2 aromatic carbocycles. The first-order chi connectivity index (χ1) is 13.6. The Labute approximate surface area is 179 Å². The molecular formula is C23H32ClFN2O2. The molecule has 4 nitrogen and oxygen atoms in total. The number of hydrogen-bond donors (Lipinski definition) is 1. The maximum atomic E-state index is 13.2. The minimum absolute atomic E-state index is 0. The van der Waals surface area contributed by atoms with E-state index in [0.29, 0.717) is 25.0 Å². The van der Waals surface area contributed by atoms with Crippen LogP contribution in [0.3, 0.4) is 0 Å². The van der Waals surface area contributed by atoms with E-state index in [2.05, 4.69) is 24.3 Å². The molecule has 0 saturated carbocycles. The van der Waals surface area contributed by atoms with Crippen molar-refractivity contribution in [3.05, 3.63) is 59.9 Å². The van der Waals surface area contributed by atoms with Crippen LogP contribution >= 0.6 is 12.4 Å². The first kappa shape index (κ1) is 23.5. The third-order valence-electron chi connectivity index (χ3n) is 5.21. The van der Waals surface area contributed by atoms with Crippen molar-refractivity contribution in [1.82, 2.24) is 10.2 Å². The predicted molar refractivity (Wildman–Crippen MR) is 118 cm³/mol. The highest BCUT2D eigenvalue weighted by Crippen LogP contribution is 2.31. The van der Waals surface area contributed by atoms with Crippen molar-refractivity contribution in [3.8, 4) is 11.5 Å². The fraction of sp³-hybridized carbons (Fsp3) is 0.478. The van der Waals surface area contributed by atoms with Gasteiger partial charge in [0.05, 0.1) is 13.2 Å². The monoisotopic (exact) mass is 422 g/mol. The van der Waals surface area contributed by atoms with Gasteiger partial charge in [0.15, 0.2) is 0 Å². The van der Waals surface area contributed by atoms with Crippen LogP contribution < -0.4 is 14.8 Å². The molecule has 1 N–H and O–H groups in total. The standard InChI is InChI=1S/C23H31FN2O2.ClH/c1-26(2)14-3-15-27-21-8-10-22(11-9-21)28-17-19-16-25-13-12-23(19)18-4-6-20(24)7-5-18;/h4-11,19,23,25H,3,12-17H2,1-2H3;1H/t19-,23-;/m0./s1. The van der Waals surface area contributed by atoms with Gasteiger partial charge in [-0.1, -0.05) is 12.1 Å². The van der Waals surface area contributed by atoms with Crippen LogP contribution in [0.25, 0.3) is 0 Å². The number of benzene rings is 2. The Hall–Kier alpha value is -1.82. The molecule has 29 heavy (non-hydrogen) atoms. The molecule has 0 spiro atoms. The number of nitrogens with one attached hydrogen (secondary N) is 1. The zero-order valence-electron chi connectivity index (χ0n) is 17.3. The van der Waals surface area contributed by atoms with Crippen molar-refractivity contribution in [2.75, 3.05) is 46.9 Å². The number of rotatable bonds is 9. The lowest BCUT2D eigenvalue weighted by molar-refractivity contribution is 0.196. The Morgan fingerprint density at radius 1 is 1.00 bits per heavy atom. The van der Waals surface area contributed by atoms with Crippen molar-refractivity contribution < 1.29 is 13.9 Å². The highest BCUT2D eigenvalue weighted by atomic mass is 35.5. The van der Waals surface area contributed by atoms with E-state index in [1.54, 1.807) is 12.1 Å². The molecule has 1 aliphatic rings. The van der Waals surface area contributed by atoms with Gasteiger partial charge in [0.2, 0.25) is 0 Å². The van der Waals surface area contributed by atoms with Crippen molar-refractivity contribution in [1.29, 1.82) is 0 Å². The fourth-order valence-electron chi connectivity index (χ4n) is 3.65. The Kier molecular flexibility index (Phi) is 9.71. The number of piperidine rings is 1. The van der Waals surface area contributed by atoms with Gasteiger partial charge in [-0.05, 0) is 81.4 Å². The minimum atomic E-state index is -0.186. The maximum absolute atomic E-state index is 13.2. The van der Waals surface area contributed by atoms with Crippen LogP contribution in [0.4, 0.5) is 4.39 Å². The van der Waals surface area contributed by atoms with Crippen molar-refractivity contribution >= 4 is 12.4 Å². The molecule has 160 valence electrons. The average molecular weight is 423 g/mol. The van der Waals surface area contributed by atoms with Gasteiger partial charge in [-0.3, -0.25) is 0 Å². The van der Waals surface area contributed by atoms with Gasteiger partial charge in [0, 0.05) is 19.0 Å². The average Bonchev–Trinajstić information content (AvgIpc) is 2.71. The lowest BCUT2D eigenvalue weighted by atomic mass is 9.81. The normalized spacial score (nSPS) is 18.9. The first-order valence-electron chi connectivity index (χ1n) is 10.1. The van der Waals surface area contributed by atoms with E-state index in [-0.39, 0.29) is 18.2 Å². The van der Waals surface area contributed by atoms with Gasteiger partial charge in [0.25, 0.3) is 0 Å². The van der Waals surface area contributed by atoms with E-state index in [1.807, 2.05) is 36.4 Å². The summed E-state index contributed by atoms with van der Waals surface area (Å²) in [5.41, 5.74) is 1.19. The smallest absolute Gasteiger partial charge is 0.123 e. The van der Waals surface area contributed by atoms with Crippen LogP contribution in [0.5, 0.6) is 11.5 Å². The summed E-state index contributed by atoms with van der Waals surface area (Å²) in [5.74, 6) is 2.29. The van der Waals surface area contributed by atoms with E-state index in [0.717, 1.165) is 44.0 Å². The maximum Gasteiger partial charge on any atom is 0.123 e. The summed E-state index contributed by atoms with van der Waals surface area (Å²) in [7, 11) is 4.13. The zero-order chi connectivity index (χ0) is 19.8. The van der Waals surface area contributed by atoms with Crippen LogP contribution in [0.15, 0.2) is 48.5 Å². The molecule has 1 heterocycles. The summed E-state index contributed by atoms with van der Waals surface area (Å²) >= 11 is 0. The number of ether oxygens (including phenoxy) is 2. The van der Waals surface area contributed by atoms with E-state index in [4.69, 9.17) is 9.47 Å². The van der Waals surface area contributed by atoms with Gasteiger partial charge < -0.3 is 19.7 Å². The topological polar surface area (TPSA) is 33.7 Å². The third-order valence-corrected chi connectivity index (χ3v) is 5.21. The Morgan fingerprint density at radius 2 is 1.66 bits per heavy atom. The number of hydrogen-bond acceptors (Lipinski definition) is 4. The SMILES string of the molecule is CN(C)CCCOc1ccc(OC[C@@H]2CNCC[C@H]2c2ccc(F)cc2)cc1.Cl. The molecule has 3 rings (SSSR count). The van der Waals surface area contributed by atoms with Crippen LogP contribution in [0.2, 0.25) is 0 Å². The molecule has 0 amide bonds. The summed E-state index contributed by atoms with van der Waals surface area (Å²) in [6, 6.07) is 14.7. The molecule has 1 aliphatic heterocycles. The zero-order valence-corrected chi connectivity index (χ0v) is 18.1. The Bertz CT molecular complexity index is 710. The van der Waals surface area contributed by atoms with Gasteiger partial charge >= 0.3 is 0 Å². The molecule has 1 fully saturated rings. The second kappa shape index (κ2) is 12.0. The van der Waals surface area contributed by atoms with Crippen LogP contribution in [-0.2, 0) is 0 Å². The largest absolute Gasteiger partial charge is 0.494 e. The van der Waals surface area contributed by atoms with Crippen molar-refractivity contribution in [2.24, 2.45) is 5.92 Å². The molecular weight excluding hydrogens is 391 g/mol. The van der Waals surface area contributed by atoms with Gasteiger partial charge in [-0.15, -0.1) is 12.4 Å². The second-order valence-corrected chi connectivity index (χ2v) is 7.70. The highest BCUT2D eigenvalue weighted by Gasteiger charge is 2.27. The minimum Gasteiger partial charge on any atom is -0.494 e. The molecule has 6 heteroatoms. The van der Waals surface area contributed by atoms with E-state index >= 15 is 0 Å². The number of halogens is 2. The summed E-state index contributed by atoms with van der Waals surface area (Å²) in [6.07, 6.45) is 2.05. The molecule has 0 bridgehead atoms.